The van der Waals surface area contributed by atoms with Gasteiger partial charge in [0.2, 0.25) is 0 Å². The third kappa shape index (κ3) is 5.58. The molecule has 0 bridgehead atoms. The van der Waals surface area contributed by atoms with E-state index in [9.17, 15) is 0 Å². The second-order valence-electron chi connectivity index (χ2n) is 4.42. The predicted molar refractivity (Wildman–Crippen MR) is 57.5 cm³/mol. The first-order valence-corrected chi connectivity index (χ1v) is 5.56. The van der Waals surface area contributed by atoms with E-state index in [1.807, 2.05) is 0 Å². The number of hydrogen-bond donors (Lipinski definition) is 1. The van der Waals surface area contributed by atoms with Gasteiger partial charge in [-0.05, 0) is 18.8 Å². The zero-order chi connectivity index (χ0) is 10.4. The van der Waals surface area contributed by atoms with E-state index in [0.29, 0.717) is 12.6 Å². The largest absolute Gasteiger partial charge is 0.382 e. The van der Waals surface area contributed by atoms with Crippen LogP contribution in [-0.2, 0) is 9.47 Å². The van der Waals surface area contributed by atoms with Crippen molar-refractivity contribution in [1.82, 2.24) is 5.32 Å². The van der Waals surface area contributed by atoms with Gasteiger partial charge in [-0.2, -0.15) is 0 Å². The average molecular weight is 201 g/mol. The Balaban J connectivity index is 2.08. The monoisotopic (exact) mass is 201 g/mol. The van der Waals surface area contributed by atoms with E-state index in [-0.39, 0.29) is 6.10 Å². The van der Waals surface area contributed by atoms with Crippen LogP contribution in [-0.4, -0.2) is 39.0 Å². The third-order valence-electron chi connectivity index (χ3n) is 2.37. The minimum atomic E-state index is 0.211. The highest BCUT2D eigenvalue weighted by atomic mass is 16.5. The zero-order valence-electron chi connectivity index (χ0n) is 9.58. The lowest BCUT2D eigenvalue weighted by molar-refractivity contribution is -0.00633. The Labute approximate surface area is 87.2 Å². The van der Waals surface area contributed by atoms with Crippen LogP contribution in [0.5, 0.6) is 0 Å². The van der Waals surface area contributed by atoms with E-state index in [2.05, 4.69) is 19.2 Å². The maximum absolute atomic E-state index is 5.77. The van der Waals surface area contributed by atoms with Gasteiger partial charge in [0.1, 0.15) is 0 Å². The van der Waals surface area contributed by atoms with Crippen molar-refractivity contribution in [3.8, 4) is 0 Å². The van der Waals surface area contributed by atoms with Gasteiger partial charge in [-0.25, -0.2) is 0 Å². The topological polar surface area (TPSA) is 30.5 Å². The first kappa shape index (κ1) is 12.0. The normalized spacial score (nSPS) is 18.9. The standard InChI is InChI=1S/C11H23NO2/c1-9(2)12-6-11(8-13-3)14-7-10-4-5-10/h9-12H,4-8H2,1-3H3. The smallest absolute Gasteiger partial charge is 0.0932 e. The molecule has 0 radical (unpaired) electrons. The summed E-state index contributed by atoms with van der Waals surface area (Å²) in [6.45, 7) is 6.77. The average Bonchev–Trinajstić information content (AvgIpc) is 2.93. The highest BCUT2D eigenvalue weighted by Gasteiger charge is 2.23. The molecule has 0 amide bonds. The molecule has 1 unspecified atom stereocenters. The van der Waals surface area contributed by atoms with Crippen molar-refractivity contribution in [3.63, 3.8) is 0 Å². The van der Waals surface area contributed by atoms with Gasteiger partial charge in [-0.1, -0.05) is 13.8 Å². The van der Waals surface area contributed by atoms with E-state index in [1.54, 1.807) is 7.11 Å². The molecular formula is C11H23NO2. The van der Waals surface area contributed by atoms with E-state index in [0.717, 1.165) is 19.1 Å². The Hall–Kier alpha value is -0.120. The molecule has 84 valence electrons. The first-order valence-electron chi connectivity index (χ1n) is 5.56. The summed E-state index contributed by atoms with van der Waals surface area (Å²) in [5.74, 6) is 0.827. The Morgan fingerprint density at radius 2 is 2.07 bits per heavy atom. The number of nitrogens with one attached hydrogen (secondary N) is 1. The summed E-state index contributed by atoms with van der Waals surface area (Å²) in [6, 6.07) is 0.513. The molecule has 0 aromatic heterocycles. The molecule has 1 saturated carbocycles. The molecule has 3 nitrogen and oxygen atoms in total. The number of rotatable bonds is 8. The van der Waals surface area contributed by atoms with Crippen LogP contribution >= 0.6 is 0 Å². The van der Waals surface area contributed by atoms with Crippen molar-refractivity contribution in [3.05, 3.63) is 0 Å². The summed E-state index contributed by atoms with van der Waals surface area (Å²) < 4.78 is 10.9. The Morgan fingerprint density at radius 3 is 2.57 bits per heavy atom. The zero-order valence-corrected chi connectivity index (χ0v) is 9.58. The van der Waals surface area contributed by atoms with Crippen molar-refractivity contribution >= 4 is 0 Å². The SMILES string of the molecule is COCC(CNC(C)C)OCC1CC1. The molecule has 1 aliphatic carbocycles. The first-order chi connectivity index (χ1) is 6.72. The van der Waals surface area contributed by atoms with Gasteiger partial charge in [0.25, 0.3) is 0 Å². The van der Waals surface area contributed by atoms with Crippen LogP contribution in [0.3, 0.4) is 0 Å². The van der Waals surface area contributed by atoms with Crippen molar-refractivity contribution in [2.75, 3.05) is 26.9 Å². The summed E-state index contributed by atoms with van der Waals surface area (Å²) in [5.41, 5.74) is 0. The molecule has 1 rings (SSSR count). The second kappa shape index (κ2) is 6.38. The molecule has 1 aliphatic rings. The summed E-state index contributed by atoms with van der Waals surface area (Å²) in [6.07, 6.45) is 2.90. The molecule has 1 N–H and O–H groups in total. The molecule has 0 aliphatic heterocycles. The summed E-state index contributed by atoms with van der Waals surface area (Å²) in [5, 5.41) is 3.37. The van der Waals surface area contributed by atoms with Crippen LogP contribution in [0.15, 0.2) is 0 Å². The number of ether oxygens (including phenoxy) is 2. The van der Waals surface area contributed by atoms with Crippen molar-refractivity contribution < 1.29 is 9.47 Å². The minimum Gasteiger partial charge on any atom is -0.382 e. The molecule has 1 fully saturated rings. The quantitative estimate of drug-likeness (QED) is 0.644. The summed E-state index contributed by atoms with van der Waals surface area (Å²) >= 11 is 0. The van der Waals surface area contributed by atoms with E-state index in [4.69, 9.17) is 9.47 Å². The highest BCUT2D eigenvalue weighted by Crippen LogP contribution is 2.29. The molecule has 0 aromatic carbocycles. The Kier molecular flexibility index (Phi) is 5.45. The van der Waals surface area contributed by atoms with Crippen LogP contribution in [0, 0.1) is 5.92 Å². The Bertz CT molecular complexity index is 140. The van der Waals surface area contributed by atoms with Gasteiger partial charge in [-0.3, -0.25) is 0 Å². The molecule has 0 saturated heterocycles. The van der Waals surface area contributed by atoms with Crippen LogP contribution < -0.4 is 5.32 Å². The molecule has 0 heterocycles. The fourth-order valence-corrected chi connectivity index (χ4v) is 1.28. The second-order valence-corrected chi connectivity index (χ2v) is 4.42. The van der Waals surface area contributed by atoms with Crippen molar-refractivity contribution in [2.45, 2.75) is 38.8 Å². The van der Waals surface area contributed by atoms with Crippen molar-refractivity contribution in [1.29, 1.82) is 0 Å². The fraction of sp³-hybridized carbons (Fsp3) is 1.00. The van der Waals surface area contributed by atoms with Gasteiger partial charge < -0.3 is 14.8 Å². The molecular weight excluding hydrogens is 178 g/mol. The molecule has 14 heavy (non-hydrogen) atoms. The van der Waals surface area contributed by atoms with E-state index >= 15 is 0 Å². The number of methoxy groups -OCH3 is 1. The molecule has 0 spiro atoms. The fourth-order valence-electron chi connectivity index (χ4n) is 1.28. The maximum atomic E-state index is 5.77. The molecule has 0 aromatic rings. The van der Waals surface area contributed by atoms with Crippen LogP contribution in [0.4, 0.5) is 0 Å². The highest BCUT2D eigenvalue weighted by molar-refractivity contribution is 4.73. The third-order valence-corrected chi connectivity index (χ3v) is 2.37. The lowest BCUT2D eigenvalue weighted by Gasteiger charge is -2.19. The van der Waals surface area contributed by atoms with Gasteiger partial charge >= 0.3 is 0 Å². The van der Waals surface area contributed by atoms with Crippen LogP contribution in [0.1, 0.15) is 26.7 Å². The molecule has 1 atom stereocenters. The van der Waals surface area contributed by atoms with Gasteiger partial charge in [-0.15, -0.1) is 0 Å². The van der Waals surface area contributed by atoms with Crippen LogP contribution in [0.25, 0.3) is 0 Å². The Morgan fingerprint density at radius 1 is 1.36 bits per heavy atom. The van der Waals surface area contributed by atoms with E-state index in [1.165, 1.54) is 12.8 Å². The number of hydrogen-bond acceptors (Lipinski definition) is 3. The molecule has 3 heteroatoms. The lowest BCUT2D eigenvalue weighted by atomic mass is 10.3. The lowest BCUT2D eigenvalue weighted by Crippen LogP contribution is -2.36. The summed E-state index contributed by atoms with van der Waals surface area (Å²) in [4.78, 5) is 0. The maximum Gasteiger partial charge on any atom is 0.0932 e. The summed E-state index contributed by atoms with van der Waals surface area (Å²) in [7, 11) is 1.73. The van der Waals surface area contributed by atoms with Gasteiger partial charge in [0, 0.05) is 26.3 Å². The van der Waals surface area contributed by atoms with E-state index < -0.39 is 0 Å². The van der Waals surface area contributed by atoms with Gasteiger partial charge in [0.15, 0.2) is 0 Å². The van der Waals surface area contributed by atoms with Gasteiger partial charge in [0.05, 0.1) is 12.7 Å². The minimum absolute atomic E-state index is 0.211. The van der Waals surface area contributed by atoms with Crippen molar-refractivity contribution in [2.24, 2.45) is 5.92 Å². The predicted octanol–water partition coefficient (Wildman–Crippen LogP) is 1.43. The van der Waals surface area contributed by atoms with Crippen LogP contribution in [0.2, 0.25) is 0 Å².